The minimum Gasteiger partial charge on any atom is -0.482 e. The molecule has 3 rings (SSSR count). The molecule has 156 valence electrons. The van der Waals surface area contributed by atoms with E-state index in [1.165, 1.54) is 5.56 Å². The van der Waals surface area contributed by atoms with Crippen LogP contribution < -0.4 is 10.1 Å². The quantitative estimate of drug-likeness (QED) is 0.593. The Morgan fingerprint density at radius 1 is 1.17 bits per heavy atom. The minimum atomic E-state index is -0.161. The second-order valence-corrected chi connectivity index (χ2v) is 7.83. The maximum atomic E-state index is 11.9. The molecule has 0 unspecified atom stereocenters. The number of hydrogen-bond acceptors (Lipinski definition) is 4. The average Bonchev–Trinajstić information content (AvgIpc) is 2.74. The molecule has 7 heteroatoms. The number of carbonyl (C=O) groups is 1. The van der Waals surface area contributed by atoms with Crippen LogP contribution in [0.15, 0.2) is 48.5 Å². The highest BCUT2D eigenvalue weighted by Crippen LogP contribution is 2.27. The molecule has 1 aliphatic rings. The van der Waals surface area contributed by atoms with Crippen molar-refractivity contribution < 1.29 is 14.3 Å². The van der Waals surface area contributed by atoms with Gasteiger partial charge in [-0.3, -0.25) is 9.69 Å². The first kappa shape index (κ1) is 21.9. The fourth-order valence-electron chi connectivity index (χ4n) is 3.25. The number of halogens is 2. The molecule has 1 N–H and O–H groups in total. The number of carbonyl (C=O) groups excluding carboxylic acids is 1. The van der Waals surface area contributed by atoms with Gasteiger partial charge in [0.2, 0.25) is 0 Å². The van der Waals surface area contributed by atoms with Gasteiger partial charge in [-0.25, -0.2) is 0 Å². The van der Waals surface area contributed by atoms with E-state index in [-0.39, 0.29) is 18.6 Å². The SMILES string of the molecule is O=C(COc1ccc(Cl)cc1Cl)NCCCCN1CCO[C@@H](c2ccccc2)C1. The maximum Gasteiger partial charge on any atom is 0.257 e. The third-order valence-electron chi connectivity index (χ3n) is 4.80. The first-order valence-electron chi connectivity index (χ1n) is 9.85. The van der Waals surface area contributed by atoms with E-state index >= 15 is 0 Å². The summed E-state index contributed by atoms with van der Waals surface area (Å²) in [7, 11) is 0. The summed E-state index contributed by atoms with van der Waals surface area (Å²) < 4.78 is 11.3. The lowest BCUT2D eigenvalue weighted by Gasteiger charge is -2.33. The monoisotopic (exact) mass is 436 g/mol. The van der Waals surface area contributed by atoms with Crippen LogP contribution in [-0.2, 0) is 9.53 Å². The van der Waals surface area contributed by atoms with E-state index < -0.39 is 0 Å². The number of unbranched alkanes of at least 4 members (excludes halogenated alkanes) is 1. The largest absolute Gasteiger partial charge is 0.482 e. The van der Waals surface area contributed by atoms with Crippen molar-refractivity contribution in [3.05, 3.63) is 64.1 Å². The fourth-order valence-corrected chi connectivity index (χ4v) is 3.71. The van der Waals surface area contributed by atoms with Crippen LogP contribution in [0.4, 0.5) is 0 Å². The van der Waals surface area contributed by atoms with Gasteiger partial charge in [-0.15, -0.1) is 0 Å². The van der Waals surface area contributed by atoms with Crippen LogP contribution in [0, 0.1) is 0 Å². The number of nitrogens with zero attached hydrogens (tertiary/aromatic N) is 1. The first-order valence-corrected chi connectivity index (χ1v) is 10.6. The zero-order valence-electron chi connectivity index (χ0n) is 16.3. The topological polar surface area (TPSA) is 50.8 Å². The van der Waals surface area contributed by atoms with Crippen LogP contribution in [0.3, 0.4) is 0 Å². The van der Waals surface area contributed by atoms with Gasteiger partial charge in [0.1, 0.15) is 5.75 Å². The van der Waals surface area contributed by atoms with Gasteiger partial charge < -0.3 is 14.8 Å². The van der Waals surface area contributed by atoms with E-state index in [0.717, 1.165) is 39.1 Å². The Morgan fingerprint density at radius 3 is 2.79 bits per heavy atom. The van der Waals surface area contributed by atoms with Crippen molar-refractivity contribution in [1.29, 1.82) is 0 Å². The smallest absolute Gasteiger partial charge is 0.257 e. The molecule has 0 bridgehead atoms. The van der Waals surface area contributed by atoms with Crippen molar-refractivity contribution in [2.24, 2.45) is 0 Å². The van der Waals surface area contributed by atoms with E-state index in [1.807, 2.05) is 18.2 Å². The van der Waals surface area contributed by atoms with Gasteiger partial charge in [0.05, 0.1) is 17.7 Å². The number of amides is 1. The Balaban J connectivity index is 1.29. The van der Waals surface area contributed by atoms with E-state index in [9.17, 15) is 4.79 Å². The summed E-state index contributed by atoms with van der Waals surface area (Å²) in [5.74, 6) is 0.290. The summed E-state index contributed by atoms with van der Waals surface area (Å²) in [6.07, 6.45) is 2.08. The Morgan fingerprint density at radius 2 is 2.00 bits per heavy atom. The Labute approximate surface area is 181 Å². The molecule has 2 aromatic carbocycles. The summed E-state index contributed by atoms with van der Waals surface area (Å²) in [6, 6.07) is 15.3. The van der Waals surface area contributed by atoms with Gasteiger partial charge in [0.15, 0.2) is 6.61 Å². The van der Waals surface area contributed by atoms with E-state index in [4.69, 9.17) is 32.7 Å². The molecule has 1 saturated heterocycles. The van der Waals surface area contributed by atoms with Gasteiger partial charge in [-0.2, -0.15) is 0 Å². The maximum absolute atomic E-state index is 11.9. The molecule has 0 spiro atoms. The van der Waals surface area contributed by atoms with Crippen LogP contribution in [0.1, 0.15) is 24.5 Å². The zero-order chi connectivity index (χ0) is 20.5. The van der Waals surface area contributed by atoms with Crippen molar-refractivity contribution in [2.45, 2.75) is 18.9 Å². The molecule has 0 aromatic heterocycles. The summed E-state index contributed by atoms with van der Waals surface area (Å²) in [5.41, 5.74) is 1.23. The molecule has 1 atom stereocenters. The fraction of sp³-hybridized carbons (Fsp3) is 0.409. The number of nitrogens with one attached hydrogen (secondary N) is 1. The number of hydrogen-bond donors (Lipinski definition) is 1. The molecular formula is C22H26Cl2N2O3. The molecule has 5 nitrogen and oxygen atoms in total. The van der Waals surface area contributed by atoms with Crippen molar-refractivity contribution in [3.8, 4) is 5.75 Å². The third-order valence-corrected chi connectivity index (χ3v) is 5.33. The van der Waals surface area contributed by atoms with Gasteiger partial charge in [-0.1, -0.05) is 53.5 Å². The summed E-state index contributed by atoms with van der Waals surface area (Å²) >= 11 is 11.9. The van der Waals surface area contributed by atoms with Crippen molar-refractivity contribution in [2.75, 3.05) is 39.4 Å². The third kappa shape index (κ3) is 7.19. The summed E-state index contributed by atoms with van der Waals surface area (Å²) in [6.45, 7) is 4.17. The number of benzene rings is 2. The highest BCUT2D eigenvalue weighted by molar-refractivity contribution is 6.35. The lowest BCUT2D eigenvalue weighted by Crippen LogP contribution is -2.39. The Hall–Kier alpha value is -1.79. The van der Waals surface area contributed by atoms with Crippen LogP contribution >= 0.6 is 23.2 Å². The lowest BCUT2D eigenvalue weighted by molar-refractivity contribution is -0.123. The first-order chi connectivity index (χ1) is 14.1. The standard InChI is InChI=1S/C22H26Cl2N2O3/c23-18-8-9-20(19(24)14-18)29-16-22(27)25-10-4-5-11-26-12-13-28-21(15-26)17-6-2-1-3-7-17/h1-3,6-9,14,21H,4-5,10-13,15-16H2,(H,25,27)/t21-/m1/s1. The predicted octanol–water partition coefficient (Wildman–Crippen LogP) is 4.34. The van der Waals surface area contributed by atoms with Crippen LogP contribution in [0.5, 0.6) is 5.75 Å². The van der Waals surface area contributed by atoms with E-state index in [2.05, 4.69) is 22.3 Å². The molecule has 1 heterocycles. The van der Waals surface area contributed by atoms with Crippen LogP contribution in [-0.4, -0.2) is 50.2 Å². The Bertz CT molecular complexity index is 789. The second-order valence-electron chi connectivity index (χ2n) is 6.99. The number of rotatable bonds is 9. The number of ether oxygens (including phenoxy) is 2. The van der Waals surface area contributed by atoms with Crippen molar-refractivity contribution in [3.63, 3.8) is 0 Å². The van der Waals surface area contributed by atoms with Gasteiger partial charge in [0.25, 0.3) is 5.91 Å². The highest BCUT2D eigenvalue weighted by Gasteiger charge is 2.21. The summed E-state index contributed by atoms with van der Waals surface area (Å²) in [5, 5.41) is 3.80. The van der Waals surface area contributed by atoms with E-state index in [1.54, 1.807) is 18.2 Å². The summed E-state index contributed by atoms with van der Waals surface area (Å²) in [4.78, 5) is 14.4. The van der Waals surface area contributed by atoms with Gasteiger partial charge >= 0.3 is 0 Å². The minimum absolute atomic E-state index is 0.0659. The molecular weight excluding hydrogens is 411 g/mol. The van der Waals surface area contributed by atoms with Gasteiger partial charge in [-0.05, 0) is 43.1 Å². The zero-order valence-corrected chi connectivity index (χ0v) is 17.8. The molecule has 0 radical (unpaired) electrons. The predicted molar refractivity (Wildman–Crippen MR) is 116 cm³/mol. The molecule has 0 saturated carbocycles. The second kappa shape index (κ2) is 11.4. The van der Waals surface area contributed by atoms with Gasteiger partial charge in [0, 0.05) is 24.7 Å². The van der Waals surface area contributed by atoms with Crippen molar-refractivity contribution >= 4 is 29.1 Å². The van der Waals surface area contributed by atoms with Crippen molar-refractivity contribution in [1.82, 2.24) is 10.2 Å². The van der Waals surface area contributed by atoms with Crippen LogP contribution in [0.25, 0.3) is 0 Å². The molecule has 2 aromatic rings. The molecule has 1 fully saturated rings. The van der Waals surface area contributed by atoms with E-state index in [0.29, 0.717) is 22.3 Å². The highest BCUT2D eigenvalue weighted by atomic mass is 35.5. The lowest BCUT2D eigenvalue weighted by atomic mass is 10.1. The molecule has 1 amide bonds. The van der Waals surface area contributed by atoms with Crippen LogP contribution in [0.2, 0.25) is 10.0 Å². The average molecular weight is 437 g/mol. The molecule has 1 aliphatic heterocycles. The molecule has 29 heavy (non-hydrogen) atoms. The normalized spacial score (nSPS) is 17.1. The Kier molecular flexibility index (Phi) is 8.62. The number of morpholine rings is 1. The molecule has 0 aliphatic carbocycles.